The largest absolute Gasteiger partial charge is 0.331 e. The fourth-order valence-corrected chi connectivity index (χ4v) is 3.61. The Morgan fingerprint density at radius 1 is 1.09 bits per heavy atom. The summed E-state index contributed by atoms with van der Waals surface area (Å²) in [6, 6.07) is 14.0. The Bertz CT molecular complexity index is 931. The van der Waals surface area contributed by atoms with E-state index in [1.54, 1.807) is 37.4 Å². The van der Waals surface area contributed by atoms with Gasteiger partial charge in [0, 0.05) is 14.1 Å². The van der Waals surface area contributed by atoms with Gasteiger partial charge >= 0.3 is 0 Å². The van der Waals surface area contributed by atoms with Crippen molar-refractivity contribution in [3.63, 3.8) is 0 Å². The monoisotopic (exact) mass is 315 g/mol. The van der Waals surface area contributed by atoms with Crippen LogP contribution in [0.3, 0.4) is 0 Å². The Morgan fingerprint density at radius 2 is 1.77 bits per heavy atom. The molecule has 2 aromatic carbocycles. The number of para-hydroxylation sites is 1. The summed E-state index contributed by atoms with van der Waals surface area (Å²) in [5, 5.41) is 0. The number of fused-ring (bicyclic) bond motifs is 1. The van der Waals surface area contributed by atoms with Crippen molar-refractivity contribution < 1.29 is 8.42 Å². The summed E-state index contributed by atoms with van der Waals surface area (Å²) in [5.41, 5.74) is 2.22. The van der Waals surface area contributed by atoms with Crippen molar-refractivity contribution in [1.29, 1.82) is 0 Å². The van der Waals surface area contributed by atoms with Gasteiger partial charge in [0.15, 0.2) is 0 Å². The average Bonchev–Trinajstić information content (AvgIpc) is 2.81. The molecule has 3 aromatic rings. The zero-order chi connectivity index (χ0) is 15.9. The Hall–Kier alpha value is -2.34. The van der Waals surface area contributed by atoms with Crippen LogP contribution in [-0.4, -0.2) is 25.0 Å². The minimum Gasteiger partial charge on any atom is -0.331 e. The summed E-state index contributed by atoms with van der Waals surface area (Å²) in [6.07, 6.45) is 0. The lowest BCUT2D eigenvalue weighted by Crippen LogP contribution is -2.26. The molecule has 0 aliphatic heterocycles. The second-order valence-corrected chi connectivity index (χ2v) is 7.15. The number of nitrogens with zero attached hydrogens (tertiary/aromatic N) is 3. The summed E-state index contributed by atoms with van der Waals surface area (Å²) in [5.74, 6) is 0.848. The number of rotatable bonds is 3. The van der Waals surface area contributed by atoms with E-state index in [1.165, 1.54) is 4.31 Å². The number of aromatic nitrogens is 2. The third-order valence-electron chi connectivity index (χ3n) is 3.85. The third kappa shape index (κ3) is 2.25. The molecule has 0 aliphatic rings. The molecular formula is C16H17N3O2S. The van der Waals surface area contributed by atoms with E-state index in [0.29, 0.717) is 11.2 Å². The number of hydrogen-bond donors (Lipinski definition) is 0. The molecule has 0 amide bonds. The van der Waals surface area contributed by atoms with Gasteiger partial charge in [-0.05, 0) is 37.3 Å². The number of imidazole rings is 1. The normalized spacial score (nSPS) is 11.8. The van der Waals surface area contributed by atoms with E-state index >= 15 is 0 Å². The van der Waals surface area contributed by atoms with Crippen molar-refractivity contribution in [1.82, 2.24) is 9.55 Å². The molecule has 1 aromatic heterocycles. The lowest BCUT2D eigenvalue weighted by Gasteiger charge is -2.19. The van der Waals surface area contributed by atoms with Gasteiger partial charge in [0.05, 0.1) is 21.6 Å². The lowest BCUT2D eigenvalue weighted by molar-refractivity contribution is 0.594. The number of sulfonamides is 1. The highest BCUT2D eigenvalue weighted by molar-refractivity contribution is 7.92. The second-order valence-electron chi connectivity index (χ2n) is 5.18. The summed E-state index contributed by atoms with van der Waals surface area (Å²) in [7, 11) is -0.137. The predicted octanol–water partition coefficient (Wildman–Crippen LogP) is 2.71. The smallest absolute Gasteiger partial charge is 0.264 e. The van der Waals surface area contributed by atoms with Crippen molar-refractivity contribution in [3.05, 3.63) is 54.4 Å². The number of benzene rings is 2. The van der Waals surface area contributed by atoms with Gasteiger partial charge in [-0.15, -0.1) is 0 Å². The fraction of sp³-hybridized carbons (Fsp3) is 0.188. The minimum absolute atomic E-state index is 0.240. The van der Waals surface area contributed by atoms with Crippen molar-refractivity contribution in [2.75, 3.05) is 11.4 Å². The van der Waals surface area contributed by atoms with Crippen molar-refractivity contribution in [2.45, 2.75) is 11.8 Å². The number of anilines is 1. The molecule has 0 radical (unpaired) electrons. The van der Waals surface area contributed by atoms with Crippen LogP contribution in [0.5, 0.6) is 0 Å². The van der Waals surface area contributed by atoms with Crippen LogP contribution in [0.4, 0.5) is 5.69 Å². The maximum absolute atomic E-state index is 12.8. The predicted molar refractivity (Wildman–Crippen MR) is 87.5 cm³/mol. The zero-order valence-electron chi connectivity index (χ0n) is 12.7. The molecule has 0 N–H and O–H groups in total. The van der Waals surface area contributed by atoms with Crippen LogP contribution in [0.15, 0.2) is 53.4 Å². The Balaban J connectivity index is 2.09. The van der Waals surface area contributed by atoms with E-state index in [2.05, 4.69) is 4.98 Å². The molecule has 0 saturated heterocycles. The average molecular weight is 315 g/mol. The number of hydrogen-bond acceptors (Lipinski definition) is 3. The van der Waals surface area contributed by atoms with Crippen molar-refractivity contribution >= 4 is 26.7 Å². The summed E-state index contributed by atoms with van der Waals surface area (Å²) >= 11 is 0. The number of aryl methyl sites for hydroxylation is 2. The van der Waals surface area contributed by atoms with Crippen LogP contribution in [-0.2, 0) is 17.1 Å². The highest BCUT2D eigenvalue weighted by atomic mass is 32.2. The standard InChI is InChI=1S/C16H17N3O2S/c1-12-17-15-11-14(9-10-16(15)18(12)2)22(20,21)19(3)13-7-5-4-6-8-13/h4-11H,1-3H3. The molecule has 22 heavy (non-hydrogen) atoms. The van der Waals surface area contributed by atoms with Crippen LogP contribution >= 0.6 is 0 Å². The summed E-state index contributed by atoms with van der Waals surface area (Å²) in [6.45, 7) is 1.89. The molecule has 0 saturated carbocycles. The second kappa shape index (κ2) is 5.14. The first kappa shape index (κ1) is 14.6. The molecular weight excluding hydrogens is 298 g/mol. The molecule has 3 rings (SSSR count). The molecule has 1 heterocycles. The van der Waals surface area contributed by atoms with Gasteiger partial charge < -0.3 is 4.57 Å². The molecule has 0 unspecified atom stereocenters. The summed E-state index contributed by atoms with van der Waals surface area (Å²) in [4.78, 5) is 4.64. The molecule has 0 spiro atoms. The van der Waals surface area contributed by atoms with Gasteiger partial charge in [0.25, 0.3) is 10.0 Å². The summed E-state index contributed by atoms with van der Waals surface area (Å²) < 4.78 is 28.7. The van der Waals surface area contributed by atoms with Gasteiger partial charge in [0.1, 0.15) is 5.82 Å². The van der Waals surface area contributed by atoms with E-state index < -0.39 is 10.0 Å². The molecule has 0 atom stereocenters. The quantitative estimate of drug-likeness (QED) is 0.747. The van der Waals surface area contributed by atoms with E-state index in [1.807, 2.05) is 36.7 Å². The van der Waals surface area contributed by atoms with E-state index in [4.69, 9.17) is 0 Å². The molecule has 6 heteroatoms. The van der Waals surface area contributed by atoms with Crippen LogP contribution in [0.2, 0.25) is 0 Å². The lowest BCUT2D eigenvalue weighted by atomic mass is 10.3. The van der Waals surface area contributed by atoms with Crippen LogP contribution in [0.25, 0.3) is 11.0 Å². The molecule has 5 nitrogen and oxygen atoms in total. The molecule has 0 fully saturated rings. The highest BCUT2D eigenvalue weighted by Gasteiger charge is 2.22. The molecule has 114 valence electrons. The van der Waals surface area contributed by atoms with E-state index in [9.17, 15) is 8.42 Å². The molecule has 0 aliphatic carbocycles. The first-order valence-corrected chi connectivity index (χ1v) is 8.32. The van der Waals surface area contributed by atoms with Gasteiger partial charge in [-0.25, -0.2) is 13.4 Å². The van der Waals surface area contributed by atoms with Gasteiger partial charge in [-0.2, -0.15) is 0 Å². The van der Waals surface area contributed by atoms with Crippen LogP contribution in [0.1, 0.15) is 5.82 Å². The van der Waals surface area contributed by atoms with Crippen molar-refractivity contribution in [2.24, 2.45) is 7.05 Å². The van der Waals surface area contributed by atoms with Gasteiger partial charge in [-0.3, -0.25) is 4.31 Å². The van der Waals surface area contributed by atoms with Crippen LogP contribution < -0.4 is 4.31 Å². The van der Waals surface area contributed by atoms with Gasteiger partial charge in [-0.1, -0.05) is 18.2 Å². The Labute approximate surface area is 129 Å². The van der Waals surface area contributed by atoms with E-state index in [0.717, 1.165) is 11.3 Å². The minimum atomic E-state index is -3.60. The topological polar surface area (TPSA) is 55.2 Å². The fourth-order valence-electron chi connectivity index (χ4n) is 2.40. The maximum atomic E-state index is 12.8. The van der Waals surface area contributed by atoms with Gasteiger partial charge in [0.2, 0.25) is 0 Å². The highest BCUT2D eigenvalue weighted by Crippen LogP contribution is 2.24. The first-order valence-electron chi connectivity index (χ1n) is 6.88. The molecule has 0 bridgehead atoms. The maximum Gasteiger partial charge on any atom is 0.264 e. The Kier molecular flexibility index (Phi) is 3.41. The third-order valence-corrected chi connectivity index (χ3v) is 5.64. The van der Waals surface area contributed by atoms with Crippen LogP contribution in [0, 0.1) is 6.92 Å². The Morgan fingerprint density at radius 3 is 2.45 bits per heavy atom. The van der Waals surface area contributed by atoms with Crippen molar-refractivity contribution in [3.8, 4) is 0 Å². The zero-order valence-corrected chi connectivity index (χ0v) is 13.5. The SMILES string of the molecule is Cc1nc2cc(S(=O)(=O)N(C)c3ccccc3)ccc2n1C. The first-order chi connectivity index (χ1) is 10.4. The van der Waals surface area contributed by atoms with E-state index in [-0.39, 0.29) is 4.90 Å².